The highest BCUT2D eigenvalue weighted by atomic mass is 16.6. The Hall–Kier alpha value is -1.99. The maximum absolute atomic E-state index is 11.5. The summed E-state index contributed by atoms with van der Waals surface area (Å²) in [5, 5.41) is 24.1. The van der Waals surface area contributed by atoms with Crippen LogP contribution in [0.15, 0.2) is 18.2 Å². The lowest BCUT2D eigenvalue weighted by atomic mass is 10.0. The highest BCUT2D eigenvalue weighted by Crippen LogP contribution is 2.23. The number of hydrogen-bond donors (Lipinski definition) is 2. The first-order valence-corrected chi connectivity index (χ1v) is 6.45. The van der Waals surface area contributed by atoms with Crippen molar-refractivity contribution in [3.63, 3.8) is 0 Å². The monoisotopic (exact) mass is 296 g/mol. The van der Waals surface area contributed by atoms with Crippen molar-refractivity contribution in [2.45, 2.75) is 32.4 Å². The molecular weight excluding hydrogens is 276 g/mol. The fourth-order valence-corrected chi connectivity index (χ4v) is 1.69. The molecule has 21 heavy (non-hydrogen) atoms. The number of nitrogens with zero attached hydrogens (tertiary/aromatic N) is 1. The number of nitro groups is 1. The average Bonchev–Trinajstić information content (AvgIpc) is 2.42. The van der Waals surface area contributed by atoms with Crippen molar-refractivity contribution in [2.75, 3.05) is 13.7 Å². The summed E-state index contributed by atoms with van der Waals surface area (Å²) in [6, 6.07) is 3.77. The number of benzene rings is 1. The minimum absolute atomic E-state index is 0.0384. The normalized spacial score (nSPS) is 12.8. The SMILES string of the molecule is COC(=O)c1cc(C(O)CNC(C)(C)C)cc([N+](=O)[O-])c1. The van der Waals surface area contributed by atoms with Crippen LogP contribution >= 0.6 is 0 Å². The predicted molar refractivity (Wildman–Crippen MR) is 77.2 cm³/mol. The lowest BCUT2D eigenvalue weighted by Gasteiger charge is -2.23. The minimum Gasteiger partial charge on any atom is -0.465 e. The van der Waals surface area contributed by atoms with Gasteiger partial charge in [-0.05, 0) is 32.4 Å². The van der Waals surface area contributed by atoms with Gasteiger partial charge in [0.25, 0.3) is 5.69 Å². The average molecular weight is 296 g/mol. The predicted octanol–water partition coefficient (Wildman–Crippen LogP) is 1.80. The van der Waals surface area contributed by atoms with Crippen molar-refractivity contribution in [1.29, 1.82) is 0 Å². The van der Waals surface area contributed by atoms with Crippen LogP contribution in [0.2, 0.25) is 0 Å². The molecule has 0 amide bonds. The lowest BCUT2D eigenvalue weighted by Crippen LogP contribution is -2.38. The largest absolute Gasteiger partial charge is 0.465 e. The van der Waals surface area contributed by atoms with Crippen LogP contribution in [-0.2, 0) is 4.74 Å². The number of carbonyl (C=O) groups is 1. The zero-order valence-corrected chi connectivity index (χ0v) is 12.5. The summed E-state index contributed by atoms with van der Waals surface area (Å²) in [5.41, 5.74) is -0.132. The summed E-state index contributed by atoms with van der Waals surface area (Å²) < 4.78 is 4.56. The number of ether oxygens (including phenoxy) is 1. The number of non-ortho nitro benzene ring substituents is 1. The Morgan fingerprint density at radius 3 is 2.52 bits per heavy atom. The number of nitro benzene ring substituents is 1. The van der Waals surface area contributed by atoms with Crippen molar-refractivity contribution >= 4 is 11.7 Å². The van der Waals surface area contributed by atoms with Gasteiger partial charge in [0.15, 0.2) is 0 Å². The molecule has 0 heterocycles. The summed E-state index contributed by atoms with van der Waals surface area (Å²) in [7, 11) is 1.19. The molecule has 0 saturated carbocycles. The van der Waals surface area contributed by atoms with Crippen molar-refractivity contribution in [2.24, 2.45) is 0 Å². The Morgan fingerprint density at radius 1 is 1.43 bits per heavy atom. The number of aliphatic hydroxyl groups is 1. The first-order chi connectivity index (χ1) is 9.64. The maximum atomic E-state index is 11.5. The molecule has 7 heteroatoms. The molecule has 1 aromatic rings. The zero-order chi connectivity index (χ0) is 16.2. The molecular formula is C14H20N2O5. The first-order valence-electron chi connectivity index (χ1n) is 6.45. The molecule has 1 atom stereocenters. The number of hydrogen-bond acceptors (Lipinski definition) is 6. The Bertz CT molecular complexity index is 537. The van der Waals surface area contributed by atoms with Crippen LogP contribution in [0.4, 0.5) is 5.69 Å². The third-order valence-electron chi connectivity index (χ3n) is 2.78. The smallest absolute Gasteiger partial charge is 0.338 e. The Morgan fingerprint density at radius 2 is 2.05 bits per heavy atom. The van der Waals surface area contributed by atoms with Crippen LogP contribution in [0.5, 0.6) is 0 Å². The van der Waals surface area contributed by atoms with Crippen molar-refractivity contribution in [3.05, 3.63) is 39.4 Å². The second-order valence-electron chi connectivity index (χ2n) is 5.71. The van der Waals surface area contributed by atoms with E-state index in [2.05, 4.69) is 10.1 Å². The number of rotatable bonds is 5. The molecule has 0 aromatic heterocycles. The molecule has 0 bridgehead atoms. The summed E-state index contributed by atoms with van der Waals surface area (Å²) in [4.78, 5) is 21.8. The van der Waals surface area contributed by atoms with E-state index in [1.54, 1.807) is 0 Å². The van der Waals surface area contributed by atoms with E-state index in [9.17, 15) is 20.0 Å². The van der Waals surface area contributed by atoms with Crippen LogP contribution in [-0.4, -0.2) is 35.2 Å². The molecule has 116 valence electrons. The lowest BCUT2D eigenvalue weighted by molar-refractivity contribution is -0.385. The van der Waals surface area contributed by atoms with Gasteiger partial charge < -0.3 is 15.2 Å². The van der Waals surface area contributed by atoms with Gasteiger partial charge in [-0.2, -0.15) is 0 Å². The second-order valence-corrected chi connectivity index (χ2v) is 5.71. The van der Waals surface area contributed by atoms with Gasteiger partial charge >= 0.3 is 5.97 Å². The summed E-state index contributed by atoms with van der Waals surface area (Å²) >= 11 is 0. The van der Waals surface area contributed by atoms with E-state index in [0.717, 1.165) is 6.07 Å². The van der Waals surface area contributed by atoms with Crippen LogP contribution in [0.1, 0.15) is 42.8 Å². The van der Waals surface area contributed by atoms with Gasteiger partial charge in [0.05, 0.1) is 23.7 Å². The van der Waals surface area contributed by atoms with Gasteiger partial charge in [-0.15, -0.1) is 0 Å². The molecule has 7 nitrogen and oxygen atoms in total. The number of nitrogens with one attached hydrogen (secondary N) is 1. The van der Waals surface area contributed by atoms with E-state index in [0.29, 0.717) is 5.56 Å². The van der Waals surface area contributed by atoms with Crippen LogP contribution in [0, 0.1) is 10.1 Å². The molecule has 0 aliphatic carbocycles. The molecule has 2 N–H and O–H groups in total. The standard InChI is InChI=1S/C14H20N2O5/c1-14(2,3)15-8-12(17)9-5-10(13(18)21-4)7-11(6-9)16(19)20/h5-7,12,15,17H,8H2,1-4H3. The van der Waals surface area contributed by atoms with Crippen LogP contribution in [0.3, 0.4) is 0 Å². The molecule has 1 rings (SSSR count). The van der Waals surface area contributed by atoms with E-state index in [-0.39, 0.29) is 23.3 Å². The van der Waals surface area contributed by atoms with Gasteiger partial charge in [0.1, 0.15) is 0 Å². The number of methoxy groups -OCH3 is 1. The fourth-order valence-electron chi connectivity index (χ4n) is 1.69. The Kier molecular flexibility index (Phi) is 5.40. The molecule has 0 aliphatic heterocycles. The molecule has 1 aromatic carbocycles. The van der Waals surface area contributed by atoms with E-state index in [4.69, 9.17) is 0 Å². The first kappa shape index (κ1) is 17.1. The molecule has 0 radical (unpaired) electrons. The maximum Gasteiger partial charge on any atom is 0.338 e. The summed E-state index contributed by atoms with van der Waals surface area (Å²) in [5.74, 6) is -0.684. The van der Waals surface area contributed by atoms with Gasteiger partial charge in [-0.3, -0.25) is 10.1 Å². The number of β-amino-alcohol motifs (C(OH)–C–C–N with tert-alkyl or cyclic N) is 1. The van der Waals surface area contributed by atoms with E-state index >= 15 is 0 Å². The summed E-state index contributed by atoms with van der Waals surface area (Å²) in [6.07, 6.45) is -0.965. The molecule has 0 fully saturated rings. The van der Waals surface area contributed by atoms with Gasteiger partial charge in [-0.25, -0.2) is 4.79 Å². The second kappa shape index (κ2) is 6.64. The third kappa shape index (κ3) is 5.13. The Balaban J connectivity index is 3.07. The highest BCUT2D eigenvalue weighted by Gasteiger charge is 2.20. The molecule has 0 aliphatic rings. The van der Waals surface area contributed by atoms with Crippen molar-refractivity contribution < 1.29 is 19.6 Å². The molecule has 0 spiro atoms. The third-order valence-corrected chi connectivity index (χ3v) is 2.78. The van der Waals surface area contributed by atoms with Gasteiger partial charge in [0.2, 0.25) is 0 Å². The quantitative estimate of drug-likeness (QED) is 0.488. The number of esters is 1. The number of carbonyl (C=O) groups excluding carboxylic acids is 1. The zero-order valence-electron chi connectivity index (χ0n) is 12.5. The molecule has 1 unspecified atom stereocenters. The summed E-state index contributed by atoms with van der Waals surface area (Å²) in [6.45, 7) is 6.03. The van der Waals surface area contributed by atoms with Crippen LogP contribution in [0.25, 0.3) is 0 Å². The highest BCUT2D eigenvalue weighted by molar-refractivity contribution is 5.90. The van der Waals surface area contributed by atoms with E-state index in [1.165, 1.54) is 19.2 Å². The fraction of sp³-hybridized carbons (Fsp3) is 0.500. The van der Waals surface area contributed by atoms with Gasteiger partial charge in [-0.1, -0.05) is 0 Å². The topological polar surface area (TPSA) is 102 Å². The van der Waals surface area contributed by atoms with Gasteiger partial charge in [0, 0.05) is 24.2 Å². The van der Waals surface area contributed by atoms with E-state index in [1.807, 2.05) is 20.8 Å². The van der Waals surface area contributed by atoms with Crippen molar-refractivity contribution in [3.8, 4) is 0 Å². The molecule has 0 saturated heterocycles. The Labute approximate surface area is 123 Å². The van der Waals surface area contributed by atoms with E-state index < -0.39 is 17.0 Å². The van der Waals surface area contributed by atoms with Crippen molar-refractivity contribution in [1.82, 2.24) is 5.32 Å². The number of aliphatic hydroxyl groups excluding tert-OH is 1. The van der Waals surface area contributed by atoms with Crippen LogP contribution < -0.4 is 5.32 Å². The minimum atomic E-state index is -0.965.